The van der Waals surface area contributed by atoms with E-state index in [1.54, 1.807) is 25.9 Å². The number of carbonyl (C=O) groups is 3. The molecule has 0 spiro atoms. The first kappa shape index (κ1) is 32.9. The number of ether oxygens (including phenoxy) is 3. The fourth-order valence-corrected chi connectivity index (χ4v) is 6.30. The van der Waals surface area contributed by atoms with Gasteiger partial charge >= 0.3 is 0 Å². The molecule has 244 valence electrons. The number of nitrogens with zero attached hydrogens (tertiary/aromatic N) is 2. The third-order valence-corrected chi connectivity index (χ3v) is 8.78. The second-order valence-electron chi connectivity index (χ2n) is 12.8. The number of anilines is 2. The summed E-state index contributed by atoms with van der Waals surface area (Å²) in [6.07, 6.45) is 3.67. The number of methoxy groups -OCH3 is 1. The van der Waals surface area contributed by atoms with Gasteiger partial charge in [-0.2, -0.15) is 0 Å². The van der Waals surface area contributed by atoms with Gasteiger partial charge in [0.25, 0.3) is 5.91 Å². The highest BCUT2D eigenvalue weighted by Gasteiger charge is 2.43. The zero-order valence-electron chi connectivity index (χ0n) is 27.1. The van der Waals surface area contributed by atoms with Gasteiger partial charge in [-0.05, 0) is 76.6 Å². The maximum absolute atomic E-state index is 14.2. The smallest absolute Gasteiger partial charge is 0.270 e. The summed E-state index contributed by atoms with van der Waals surface area (Å²) < 4.78 is 17.0. The first-order valence-electron chi connectivity index (χ1n) is 16.3. The molecule has 2 aliphatic heterocycles. The Labute approximate surface area is 266 Å². The molecule has 45 heavy (non-hydrogen) atoms. The Kier molecular flexibility index (Phi) is 10.8. The molecule has 2 aromatic rings. The largest absolute Gasteiger partial charge is 0.476 e. The van der Waals surface area contributed by atoms with E-state index in [1.807, 2.05) is 48.2 Å². The van der Waals surface area contributed by atoms with Crippen LogP contribution in [0.15, 0.2) is 48.5 Å². The van der Waals surface area contributed by atoms with E-state index in [0.29, 0.717) is 70.2 Å². The molecule has 3 amide bonds. The van der Waals surface area contributed by atoms with Gasteiger partial charge in [-0.1, -0.05) is 30.3 Å². The molecule has 0 radical (unpaired) electrons. The molecule has 2 fully saturated rings. The summed E-state index contributed by atoms with van der Waals surface area (Å²) >= 11 is 0. The van der Waals surface area contributed by atoms with Crippen molar-refractivity contribution in [3.63, 3.8) is 0 Å². The van der Waals surface area contributed by atoms with Crippen LogP contribution in [0, 0.1) is 11.8 Å². The minimum Gasteiger partial charge on any atom is -0.476 e. The minimum absolute atomic E-state index is 0.00641. The van der Waals surface area contributed by atoms with Crippen molar-refractivity contribution in [1.82, 2.24) is 10.6 Å². The topological polar surface area (TPSA) is 109 Å². The van der Waals surface area contributed by atoms with Crippen molar-refractivity contribution in [2.45, 2.75) is 70.6 Å². The van der Waals surface area contributed by atoms with E-state index in [0.717, 1.165) is 24.1 Å². The predicted octanol–water partition coefficient (Wildman–Crippen LogP) is 3.71. The lowest BCUT2D eigenvalue weighted by Crippen LogP contribution is -2.53. The average molecular weight is 621 g/mol. The van der Waals surface area contributed by atoms with Gasteiger partial charge < -0.3 is 34.6 Å². The van der Waals surface area contributed by atoms with Crippen molar-refractivity contribution in [3.05, 3.63) is 54.1 Å². The van der Waals surface area contributed by atoms with Gasteiger partial charge in [0.1, 0.15) is 5.75 Å². The highest BCUT2D eigenvalue weighted by molar-refractivity contribution is 6.04. The van der Waals surface area contributed by atoms with Crippen LogP contribution in [0.1, 0.15) is 52.0 Å². The summed E-state index contributed by atoms with van der Waals surface area (Å²) in [5.74, 6) is -0.226. The molecular formula is C35H48N4O6. The highest BCUT2D eigenvalue weighted by Crippen LogP contribution is 2.43. The predicted molar refractivity (Wildman–Crippen MR) is 174 cm³/mol. The molecule has 3 aliphatic rings. The molecule has 0 unspecified atom stereocenters. The van der Waals surface area contributed by atoms with Crippen molar-refractivity contribution in [2.75, 3.05) is 56.4 Å². The Balaban J connectivity index is 1.30. The number of rotatable bonds is 14. The van der Waals surface area contributed by atoms with Crippen molar-refractivity contribution >= 4 is 29.1 Å². The van der Waals surface area contributed by atoms with E-state index in [2.05, 4.69) is 22.8 Å². The number of piperidine rings is 1. The Morgan fingerprint density at radius 3 is 2.60 bits per heavy atom. The van der Waals surface area contributed by atoms with E-state index in [4.69, 9.17) is 14.2 Å². The number of amides is 3. The third-order valence-electron chi connectivity index (χ3n) is 8.78. The van der Waals surface area contributed by atoms with Gasteiger partial charge in [0.15, 0.2) is 5.60 Å². The van der Waals surface area contributed by atoms with Crippen LogP contribution >= 0.6 is 0 Å². The van der Waals surface area contributed by atoms with Crippen LogP contribution in [0.3, 0.4) is 0 Å². The first-order valence-corrected chi connectivity index (χ1v) is 16.3. The number of benzene rings is 2. The first-order chi connectivity index (χ1) is 21.7. The van der Waals surface area contributed by atoms with E-state index in [9.17, 15) is 14.4 Å². The highest BCUT2D eigenvalue weighted by atomic mass is 16.5. The Hall–Kier alpha value is -3.47. The Morgan fingerprint density at radius 1 is 1.13 bits per heavy atom. The van der Waals surface area contributed by atoms with Crippen LogP contribution in [0.4, 0.5) is 11.4 Å². The fourth-order valence-electron chi connectivity index (χ4n) is 6.30. The van der Waals surface area contributed by atoms with Crippen LogP contribution < -0.4 is 25.2 Å². The third kappa shape index (κ3) is 8.04. The zero-order valence-corrected chi connectivity index (χ0v) is 27.1. The summed E-state index contributed by atoms with van der Waals surface area (Å²) in [5, 5.41) is 6.56. The molecule has 2 heterocycles. The molecule has 10 nitrogen and oxygen atoms in total. The monoisotopic (exact) mass is 620 g/mol. The lowest BCUT2D eigenvalue weighted by atomic mass is 9.88. The molecule has 1 saturated carbocycles. The molecule has 2 N–H and O–H groups in total. The maximum Gasteiger partial charge on any atom is 0.270 e. The molecule has 5 rings (SSSR count). The lowest BCUT2D eigenvalue weighted by Gasteiger charge is -2.40. The van der Waals surface area contributed by atoms with Crippen LogP contribution in [0.25, 0.3) is 0 Å². The molecular weight excluding hydrogens is 572 g/mol. The summed E-state index contributed by atoms with van der Waals surface area (Å²) in [4.78, 5) is 44.7. The van der Waals surface area contributed by atoms with Crippen LogP contribution in [-0.4, -0.2) is 82.0 Å². The summed E-state index contributed by atoms with van der Waals surface area (Å²) in [6, 6.07) is 15.7. The standard InChI is InChI=1S/C35H48N4O6/c1-5-44-23-27(18-24-10-7-6-8-11-24)37-32(40)25-19-26(22-36-21-25)33(41)39(28-12-13-28)29-14-15-31-30(20-29)38(16-9-17-43-4)34(42)35(2,3)45-31/h6-8,10-11,14-15,20,25-28,36H,5,9,12-13,16-19,21-23H2,1-4H3,(H,37,40)/t25-,26+,27-/m0/s1. The summed E-state index contributed by atoms with van der Waals surface area (Å²) in [6.45, 7) is 8.57. The average Bonchev–Trinajstić information content (AvgIpc) is 3.88. The Bertz CT molecular complexity index is 1330. The van der Waals surface area contributed by atoms with E-state index >= 15 is 0 Å². The van der Waals surface area contributed by atoms with Crippen molar-refractivity contribution < 1.29 is 28.6 Å². The van der Waals surface area contributed by atoms with Crippen LogP contribution in [-0.2, 0) is 30.3 Å². The minimum atomic E-state index is -0.986. The molecule has 1 aliphatic carbocycles. The van der Waals surface area contributed by atoms with E-state index in [-0.39, 0.29) is 41.6 Å². The molecule has 2 aromatic carbocycles. The molecule has 10 heteroatoms. The normalized spacial score (nSPS) is 21.4. The summed E-state index contributed by atoms with van der Waals surface area (Å²) in [7, 11) is 1.65. The number of carbonyl (C=O) groups excluding carboxylic acids is 3. The lowest BCUT2D eigenvalue weighted by molar-refractivity contribution is -0.132. The molecule has 3 atom stereocenters. The quantitative estimate of drug-likeness (QED) is 0.310. The van der Waals surface area contributed by atoms with Crippen LogP contribution in [0.5, 0.6) is 5.75 Å². The van der Waals surface area contributed by atoms with Gasteiger partial charge in [0.2, 0.25) is 11.8 Å². The molecule has 0 bridgehead atoms. The number of fused-ring (bicyclic) bond motifs is 1. The zero-order chi connectivity index (χ0) is 32.0. The second kappa shape index (κ2) is 14.7. The van der Waals surface area contributed by atoms with Gasteiger partial charge in [0, 0.05) is 51.7 Å². The summed E-state index contributed by atoms with van der Waals surface area (Å²) in [5.41, 5.74) is 1.57. The SMILES string of the molecule is CCOC[C@H](Cc1ccccc1)NC(=O)[C@@H]1CNC[C@H](C(=O)N(c2ccc3c(c2)N(CCCOC)C(=O)C(C)(C)O3)C2CC2)C1. The number of nitrogens with one attached hydrogen (secondary N) is 2. The van der Waals surface area contributed by atoms with Gasteiger partial charge in [-0.3, -0.25) is 14.4 Å². The molecule has 1 saturated heterocycles. The van der Waals surface area contributed by atoms with Gasteiger partial charge in [-0.15, -0.1) is 0 Å². The Morgan fingerprint density at radius 2 is 1.89 bits per heavy atom. The number of hydrogen-bond donors (Lipinski definition) is 2. The fraction of sp³-hybridized carbons (Fsp3) is 0.571. The van der Waals surface area contributed by atoms with Crippen LogP contribution in [0.2, 0.25) is 0 Å². The van der Waals surface area contributed by atoms with Gasteiger partial charge in [0.05, 0.1) is 30.2 Å². The van der Waals surface area contributed by atoms with Crippen molar-refractivity contribution in [2.24, 2.45) is 11.8 Å². The molecule has 0 aromatic heterocycles. The van der Waals surface area contributed by atoms with E-state index < -0.39 is 5.60 Å². The van der Waals surface area contributed by atoms with Crippen molar-refractivity contribution in [3.8, 4) is 5.75 Å². The second-order valence-corrected chi connectivity index (χ2v) is 12.8. The van der Waals surface area contributed by atoms with E-state index in [1.165, 1.54) is 0 Å². The van der Waals surface area contributed by atoms with Gasteiger partial charge in [-0.25, -0.2) is 0 Å². The number of hydrogen-bond acceptors (Lipinski definition) is 7. The maximum atomic E-state index is 14.2. The van der Waals surface area contributed by atoms with Crippen molar-refractivity contribution in [1.29, 1.82) is 0 Å².